The molecular formula is C28H20Cl2N8O3. The lowest BCUT2D eigenvalue weighted by Crippen LogP contribution is -2.54. The zero-order valence-corrected chi connectivity index (χ0v) is 23.0. The van der Waals surface area contributed by atoms with E-state index in [0.717, 1.165) is 4.90 Å². The minimum Gasteiger partial charge on any atom is -0.335 e. The number of tetrazole rings is 1. The molecule has 2 atom stereocenters. The molecule has 0 aliphatic carbocycles. The lowest BCUT2D eigenvalue weighted by Gasteiger charge is -2.33. The maximum Gasteiger partial charge on any atom is 0.332 e. The summed E-state index contributed by atoms with van der Waals surface area (Å²) in [6.07, 6.45) is 0. The highest BCUT2D eigenvalue weighted by atomic mass is 35.5. The number of hydrogen-bond acceptors (Lipinski definition) is 7. The van der Waals surface area contributed by atoms with E-state index < -0.39 is 23.4 Å². The molecule has 0 bridgehead atoms. The first-order valence-electron chi connectivity index (χ1n) is 12.4. The first kappa shape index (κ1) is 26.4. The molecule has 13 heteroatoms. The van der Waals surface area contributed by atoms with E-state index in [1.165, 1.54) is 23.1 Å². The topological polar surface area (TPSA) is 139 Å². The number of amides is 4. The molecule has 1 spiro atoms. The van der Waals surface area contributed by atoms with Crippen LogP contribution in [0.15, 0.2) is 66.7 Å². The Bertz CT molecular complexity index is 1700. The minimum absolute atomic E-state index is 0.0467. The van der Waals surface area contributed by atoms with Crippen LogP contribution in [0.2, 0.25) is 10.0 Å². The molecule has 4 amide bonds. The Labute approximate surface area is 243 Å². The van der Waals surface area contributed by atoms with Crippen molar-refractivity contribution in [1.29, 1.82) is 5.26 Å². The van der Waals surface area contributed by atoms with E-state index in [0.29, 0.717) is 28.1 Å². The number of imide groups is 1. The molecule has 1 aromatic heterocycles. The number of urea groups is 1. The molecule has 0 radical (unpaired) electrons. The average Bonchev–Trinajstić information content (AvgIpc) is 3.69. The van der Waals surface area contributed by atoms with Crippen molar-refractivity contribution >= 4 is 46.7 Å². The molecule has 3 aromatic carbocycles. The van der Waals surface area contributed by atoms with E-state index >= 15 is 0 Å². The maximum atomic E-state index is 14.3. The Hall–Kier alpha value is -4.79. The van der Waals surface area contributed by atoms with E-state index in [4.69, 9.17) is 23.2 Å². The van der Waals surface area contributed by atoms with Crippen molar-refractivity contribution in [2.24, 2.45) is 0 Å². The van der Waals surface area contributed by atoms with Gasteiger partial charge in [0.2, 0.25) is 5.82 Å². The fraction of sp³-hybridized carbons (Fsp3) is 0.179. The van der Waals surface area contributed by atoms with Gasteiger partial charge in [-0.25, -0.2) is 9.69 Å². The fourth-order valence-electron chi connectivity index (χ4n) is 5.59. The largest absolute Gasteiger partial charge is 0.335 e. The molecule has 2 aliphatic heterocycles. The van der Waals surface area contributed by atoms with E-state index in [1.807, 2.05) is 0 Å². The molecule has 0 saturated carbocycles. The molecule has 4 aromatic rings. The van der Waals surface area contributed by atoms with Gasteiger partial charge in [0.25, 0.3) is 11.8 Å². The van der Waals surface area contributed by atoms with Gasteiger partial charge in [0.05, 0.1) is 23.9 Å². The second kappa shape index (κ2) is 9.99. The van der Waals surface area contributed by atoms with Gasteiger partial charge in [0.1, 0.15) is 5.54 Å². The third-order valence-electron chi connectivity index (χ3n) is 7.63. The Kier molecular flexibility index (Phi) is 6.44. The van der Waals surface area contributed by atoms with Gasteiger partial charge in [-0.3, -0.25) is 9.59 Å². The number of halogens is 2. The van der Waals surface area contributed by atoms with Crippen LogP contribution >= 0.6 is 23.2 Å². The van der Waals surface area contributed by atoms with E-state index in [-0.39, 0.29) is 34.7 Å². The second-order valence-electron chi connectivity index (χ2n) is 9.82. The molecule has 11 nitrogen and oxygen atoms in total. The average molecular weight is 587 g/mol. The number of nitrogens with zero attached hydrogens (tertiary/aromatic N) is 7. The fourth-order valence-corrected chi connectivity index (χ4v) is 6.10. The summed E-state index contributed by atoms with van der Waals surface area (Å²) in [5, 5.41) is 23.7. The molecule has 1 N–H and O–H groups in total. The summed E-state index contributed by atoms with van der Waals surface area (Å²) in [6, 6.07) is 19.6. The van der Waals surface area contributed by atoms with Crippen molar-refractivity contribution in [3.63, 3.8) is 0 Å². The number of nitriles is 1. The molecule has 2 fully saturated rings. The third-order valence-corrected chi connectivity index (χ3v) is 8.07. The van der Waals surface area contributed by atoms with Gasteiger partial charge in [-0.15, -0.1) is 10.2 Å². The predicted octanol–water partition coefficient (Wildman–Crippen LogP) is 4.12. The number of carbonyl (C=O) groups excluding carboxylic acids is 3. The summed E-state index contributed by atoms with van der Waals surface area (Å²) in [7, 11) is 1.55. The minimum atomic E-state index is -1.42. The van der Waals surface area contributed by atoms with Gasteiger partial charge in [-0.2, -0.15) is 10.5 Å². The zero-order chi connectivity index (χ0) is 28.9. The number of anilines is 1. The first-order valence-corrected chi connectivity index (χ1v) is 13.2. The molecule has 2 aliphatic rings. The van der Waals surface area contributed by atoms with Gasteiger partial charge < -0.3 is 9.80 Å². The molecule has 41 heavy (non-hydrogen) atoms. The Morgan fingerprint density at radius 1 is 1.05 bits per heavy atom. The molecule has 204 valence electrons. The number of nitrogens with one attached hydrogen (secondary N) is 1. The quantitative estimate of drug-likeness (QED) is 0.355. The van der Waals surface area contributed by atoms with Crippen molar-refractivity contribution in [2.75, 3.05) is 25.0 Å². The van der Waals surface area contributed by atoms with Crippen molar-refractivity contribution < 1.29 is 14.4 Å². The summed E-state index contributed by atoms with van der Waals surface area (Å²) in [4.78, 5) is 45.8. The summed E-state index contributed by atoms with van der Waals surface area (Å²) in [6.45, 7) is 0.111. The summed E-state index contributed by atoms with van der Waals surface area (Å²) in [5.41, 5.74) is 1.06. The van der Waals surface area contributed by atoms with E-state index in [2.05, 4.69) is 26.7 Å². The number of hydrogen-bond donors (Lipinski definition) is 1. The van der Waals surface area contributed by atoms with Crippen LogP contribution in [0.1, 0.15) is 27.4 Å². The van der Waals surface area contributed by atoms with Crippen LogP contribution in [0, 0.1) is 11.3 Å². The third kappa shape index (κ3) is 4.28. The highest BCUT2D eigenvalue weighted by molar-refractivity contribution is 6.36. The normalized spacial score (nSPS) is 20.2. The number of benzene rings is 3. The first-order chi connectivity index (χ1) is 19.7. The van der Waals surface area contributed by atoms with Gasteiger partial charge >= 0.3 is 6.03 Å². The molecule has 3 heterocycles. The Balaban J connectivity index is 1.40. The Morgan fingerprint density at radius 2 is 1.73 bits per heavy atom. The van der Waals surface area contributed by atoms with Gasteiger partial charge in [-0.05, 0) is 53.2 Å². The van der Waals surface area contributed by atoms with Crippen LogP contribution in [0.25, 0.3) is 11.4 Å². The Morgan fingerprint density at radius 3 is 2.34 bits per heavy atom. The maximum absolute atomic E-state index is 14.3. The number of H-pyrrole nitrogens is 1. The lowest BCUT2D eigenvalue weighted by atomic mass is 9.80. The predicted molar refractivity (Wildman–Crippen MR) is 149 cm³/mol. The zero-order valence-electron chi connectivity index (χ0n) is 21.5. The van der Waals surface area contributed by atoms with Crippen LogP contribution in [-0.2, 0) is 4.79 Å². The number of aromatic amines is 1. The highest BCUT2D eigenvalue weighted by Gasteiger charge is 2.65. The van der Waals surface area contributed by atoms with Crippen LogP contribution in [0.3, 0.4) is 0 Å². The van der Waals surface area contributed by atoms with Crippen molar-refractivity contribution in [3.05, 3.63) is 93.5 Å². The highest BCUT2D eigenvalue weighted by Crippen LogP contribution is 2.47. The number of rotatable bonds is 4. The van der Waals surface area contributed by atoms with Gasteiger partial charge in [0.15, 0.2) is 0 Å². The van der Waals surface area contributed by atoms with Crippen molar-refractivity contribution in [3.8, 4) is 17.5 Å². The monoisotopic (exact) mass is 586 g/mol. The number of likely N-dealkylation sites (N-methyl/N-ethyl adjacent to an activating group) is 1. The summed E-state index contributed by atoms with van der Waals surface area (Å²) >= 11 is 12.4. The smallest absolute Gasteiger partial charge is 0.332 e. The molecule has 2 saturated heterocycles. The number of carbonyl (C=O) groups is 3. The summed E-state index contributed by atoms with van der Waals surface area (Å²) < 4.78 is 0. The van der Waals surface area contributed by atoms with Crippen LogP contribution in [0.4, 0.5) is 10.5 Å². The second-order valence-corrected chi connectivity index (χ2v) is 10.7. The summed E-state index contributed by atoms with van der Waals surface area (Å²) in [5.74, 6) is -1.000. The lowest BCUT2D eigenvalue weighted by molar-refractivity contribution is -0.124. The standard InChI is InChI=1S/C28H20Cl2N8O3/c1-36-27(41)38(22-11-20(29)10-21(30)12-22)26(40)28(36)15-37(14-23(28)17-4-2-16(13-31)3-5-17)25(39)19-8-6-18(7-9-19)24-32-34-35-33-24/h2-12,23H,14-15H2,1H3,(H,32,33,34,35). The molecule has 2 unspecified atom stereocenters. The van der Waals surface area contributed by atoms with E-state index in [1.54, 1.807) is 60.5 Å². The van der Waals surface area contributed by atoms with Crippen molar-refractivity contribution in [1.82, 2.24) is 30.4 Å². The van der Waals surface area contributed by atoms with E-state index in [9.17, 15) is 19.6 Å². The van der Waals surface area contributed by atoms with Crippen LogP contribution < -0.4 is 4.90 Å². The van der Waals surface area contributed by atoms with Gasteiger partial charge in [-0.1, -0.05) is 47.5 Å². The van der Waals surface area contributed by atoms with Gasteiger partial charge in [0, 0.05) is 40.7 Å². The molecular weight excluding hydrogens is 567 g/mol. The molecule has 6 rings (SSSR count). The SMILES string of the molecule is CN1C(=O)N(c2cc(Cl)cc(Cl)c2)C(=O)C12CN(C(=O)c1ccc(-c3nn[nH]n3)cc1)CC2c1ccc(C#N)cc1. The number of aromatic nitrogens is 4. The van der Waals surface area contributed by atoms with Crippen LogP contribution in [-0.4, -0.2) is 73.9 Å². The van der Waals surface area contributed by atoms with Crippen molar-refractivity contribution in [2.45, 2.75) is 11.5 Å². The number of likely N-dealkylation sites (tertiary alicyclic amines) is 1. The van der Waals surface area contributed by atoms with Crippen LogP contribution in [0.5, 0.6) is 0 Å².